The molecule has 1 aromatic heterocycles. The molecular weight excluding hydrogens is 460 g/mol. The number of benzene rings is 2. The molecule has 0 saturated carbocycles. The van der Waals surface area contributed by atoms with Gasteiger partial charge in [0.05, 0.1) is 11.7 Å². The van der Waals surface area contributed by atoms with Crippen molar-refractivity contribution in [3.63, 3.8) is 0 Å². The number of hydrogen-bond donors (Lipinski definition) is 2. The smallest absolute Gasteiger partial charge is 0.0935 e. The Morgan fingerprint density at radius 1 is 0.973 bits per heavy atom. The zero-order valence-electron chi connectivity index (χ0n) is 21.8. The van der Waals surface area contributed by atoms with Crippen molar-refractivity contribution in [1.29, 1.82) is 0 Å². The number of ether oxygens (including phenoxy) is 1. The van der Waals surface area contributed by atoms with E-state index in [4.69, 9.17) is 4.74 Å². The monoisotopic (exact) mass is 498 g/mol. The van der Waals surface area contributed by atoms with E-state index in [2.05, 4.69) is 58.4 Å². The van der Waals surface area contributed by atoms with Crippen LogP contribution in [0.25, 0.3) is 0 Å². The molecule has 2 bridgehead atoms. The molecule has 37 heavy (non-hydrogen) atoms. The van der Waals surface area contributed by atoms with E-state index >= 15 is 0 Å². The van der Waals surface area contributed by atoms with Crippen LogP contribution in [0.5, 0.6) is 0 Å². The third-order valence-corrected chi connectivity index (χ3v) is 9.04. The first-order chi connectivity index (χ1) is 18.0. The van der Waals surface area contributed by atoms with Gasteiger partial charge in [-0.05, 0) is 72.9 Å². The Hall–Kier alpha value is -2.57. The molecule has 2 aliphatic carbocycles. The van der Waals surface area contributed by atoms with Crippen molar-refractivity contribution in [2.75, 3.05) is 32.8 Å². The summed E-state index contributed by atoms with van der Waals surface area (Å²) < 4.78 is 4.94. The van der Waals surface area contributed by atoms with Gasteiger partial charge in [0.25, 0.3) is 0 Å². The second-order valence-corrected chi connectivity index (χ2v) is 11.3. The Morgan fingerprint density at radius 3 is 2.16 bits per heavy atom. The lowest BCUT2D eigenvalue weighted by Crippen LogP contribution is -2.47. The fraction of sp³-hybridized carbons (Fsp3) is 0.469. The zero-order chi connectivity index (χ0) is 25.5. The maximum atomic E-state index is 11.4. The molecule has 1 unspecified atom stereocenters. The second kappa shape index (κ2) is 9.95. The molecule has 194 valence electrons. The Balaban J connectivity index is 0.000000453. The molecule has 2 aromatic carbocycles. The van der Waals surface area contributed by atoms with Gasteiger partial charge in [0, 0.05) is 62.1 Å². The predicted molar refractivity (Wildman–Crippen MR) is 145 cm³/mol. The van der Waals surface area contributed by atoms with Gasteiger partial charge in [-0.3, -0.25) is 4.98 Å². The van der Waals surface area contributed by atoms with Crippen molar-refractivity contribution < 1.29 is 14.9 Å². The van der Waals surface area contributed by atoms with Gasteiger partial charge in [-0.1, -0.05) is 48.5 Å². The fourth-order valence-electron chi connectivity index (χ4n) is 7.01. The molecule has 0 radical (unpaired) electrons. The molecule has 3 aromatic rings. The van der Waals surface area contributed by atoms with Crippen LogP contribution >= 0.6 is 0 Å². The Morgan fingerprint density at radius 2 is 1.59 bits per heavy atom. The van der Waals surface area contributed by atoms with Gasteiger partial charge in [0.1, 0.15) is 0 Å². The lowest BCUT2D eigenvalue weighted by Gasteiger charge is -2.42. The van der Waals surface area contributed by atoms with Crippen LogP contribution in [0.2, 0.25) is 0 Å². The van der Waals surface area contributed by atoms with Crippen molar-refractivity contribution in [1.82, 2.24) is 9.88 Å². The molecule has 0 spiro atoms. The van der Waals surface area contributed by atoms with E-state index < -0.39 is 11.7 Å². The molecule has 2 saturated heterocycles. The standard InChI is InChI=1S/C28H30N2O2.C4H8O/c1-19(31)20-14-21(17-29-16-20)28(32)10-12-30(13-11-28)18-27-15-24(22-6-2-4-8-25(22)27)23-7-3-5-9-26(23)27;1-2-4-5-3-1/h2-9,14,16-17,19,24,31-32H,10-13,15,18H2,1H3;1-4H2. The quantitative estimate of drug-likeness (QED) is 0.527. The summed E-state index contributed by atoms with van der Waals surface area (Å²) in [5.74, 6) is 0.512. The molecule has 5 heteroatoms. The minimum Gasteiger partial charge on any atom is -0.389 e. The number of rotatable bonds is 4. The van der Waals surface area contributed by atoms with Crippen LogP contribution in [-0.2, 0) is 15.8 Å². The van der Waals surface area contributed by atoms with E-state index in [1.54, 1.807) is 19.3 Å². The molecule has 7 rings (SSSR count). The number of piperidine rings is 1. The van der Waals surface area contributed by atoms with Crippen molar-refractivity contribution in [2.45, 2.75) is 62.1 Å². The maximum Gasteiger partial charge on any atom is 0.0935 e. The fourth-order valence-corrected chi connectivity index (χ4v) is 7.01. The van der Waals surface area contributed by atoms with Crippen molar-refractivity contribution >= 4 is 0 Å². The number of nitrogens with zero attached hydrogens (tertiary/aromatic N) is 2. The summed E-state index contributed by atoms with van der Waals surface area (Å²) in [5, 5.41) is 21.3. The summed E-state index contributed by atoms with van der Waals surface area (Å²) in [7, 11) is 0. The van der Waals surface area contributed by atoms with Crippen molar-refractivity contribution in [3.05, 3.63) is 100 Å². The largest absolute Gasteiger partial charge is 0.389 e. The summed E-state index contributed by atoms with van der Waals surface area (Å²) in [4.78, 5) is 6.82. The van der Waals surface area contributed by atoms with E-state index in [1.807, 2.05) is 6.07 Å². The van der Waals surface area contributed by atoms with Gasteiger partial charge in [-0.15, -0.1) is 0 Å². The normalized spacial score (nSPS) is 26.2. The average Bonchev–Trinajstić information content (AvgIpc) is 3.68. The number of fused-ring (bicyclic) bond motifs is 8. The summed E-state index contributed by atoms with van der Waals surface area (Å²) in [5.41, 5.74) is 6.76. The Bertz CT molecular complexity index is 1190. The van der Waals surface area contributed by atoms with Crippen LogP contribution in [0.15, 0.2) is 67.0 Å². The first-order valence-electron chi connectivity index (χ1n) is 13.8. The highest BCUT2D eigenvalue weighted by atomic mass is 16.5. The molecule has 4 aliphatic rings. The van der Waals surface area contributed by atoms with E-state index in [-0.39, 0.29) is 5.41 Å². The first-order valence-corrected chi connectivity index (χ1v) is 13.8. The predicted octanol–water partition coefficient (Wildman–Crippen LogP) is 5.05. The molecule has 3 heterocycles. The highest BCUT2D eigenvalue weighted by molar-refractivity contribution is 5.62. The van der Waals surface area contributed by atoms with E-state index in [0.29, 0.717) is 18.8 Å². The molecule has 5 nitrogen and oxygen atoms in total. The summed E-state index contributed by atoms with van der Waals surface area (Å²) in [6.07, 6.45) is 7.93. The number of aromatic nitrogens is 1. The lowest BCUT2D eigenvalue weighted by atomic mass is 9.74. The first kappa shape index (κ1) is 24.7. The van der Waals surface area contributed by atoms with Crippen molar-refractivity contribution in [3.8, 4) is 0 Å². The number of likely N-dealkylation sites (tertiary alicyclic amines) is 1. The lowest BCUT2D eigenvalue weighted by molar-refractivity contribution is -0.0293. The average molecular weight is 499 g/mol. The SMILES string of the molecule is C1CCOC1.CC(O)c1cncc(C2(O)CCN(CC34CC(c5ccccc53)c3ccccc34)CC2)c1. The number of aliphatic hydroxyl groups excluding tert-OH is 1. The Kier molecular flexibility index (Phi) is 6.66. The third kappa shape index (κ3) is 4.42. The van der Waals surface area contributed by atoms with Crippen LogP contribution in [0, 0.1) is 0 Å². The molecule has 2 fully saturated rings. The second-order valence-electron chi connectivity index (χ2n) is 11.3. The van der Waals surface area contributed by atoms with Gasteiger partial charge >= 0.3 is 0 Å². The van der Waals surface area contributed by atoms with Gasteiger partial charge < -0.3 is 19.8 Å². The molecule has 2 N–H and O–H groups in total. The number of hydrogen-bond acceptors (Lipinski definition) is 5. The summed E-state index contributed by atoms with van der Waals surface area (Å²) in [6.45, 7) is 6.44. The number of aliphatic hydroxyl groups is 2. The Labute approximate surface area is 220 Å². The minimum atomic E-state index is -0.879. The van der Waals surface area contributed by atoms with Gasteiger partial charge in [-0.2, -0.15) is 0 Å². The molecule has 1 atom stereocenters. The maximum absolute atomic E-state index is 11.4. The summed E-state index contributed by atoms with van der Waals surface area (Å²) in [6, 6.07) is 19.9. The highest BCUT2D eigenvalue weighted by Crippen LogP contribution is 2.60. The number of pyridine rings is 1. The van der Waals surface area contributed by atoms with Crippen LogP contribution in [0.4, 0.5) is 0 Å². The molecule has 2 aliphatic heterocycles. The molecule has 0 amide bonds. The summed E-state index contributed by atoms with van der Waals surface area (Å²) >= 11 is 0. The topological polar surface area (TPSA) is 65.8 Å². The molecular formula is C32H38N2O3. The van der Waals surface area contributed by atoms with E-state index in [0.717, 1.165) is 50.4 Å². The van der Waals surface area contributed by atoms with Gasteiger partial charge in [0.15, 0.2) is 0 Å². The van der Waals surface area contributed by atoms with Crippen LogP contribution in [0.1, 0.15) is 84.4 Å². The zero-order valence-corrected chi connectivity index (χ0v) is 21.8. The third-order valence-electron chi connectivity index (χ3n) is 9.04. The van der Waals surface area contributed by atoms with Crippen LogP contribution < -0.4 is 0 Å². The van der Waals surface area contributed by atoms with Crippen LogP contribution in [0.3, 0.4) is 0 Å². The highest BCUT2D eigenvalue weighted by Gasteiger charge is 2.53. The van der Waals surface area contributed by atoms with Gasteiger partial charge in [-0.25, -0.2) is 0 Å². The van der Waals surface area contributed by atoms with Gasteiger partial charge in [0.2, 0.25) is 0 Å². The van der Waals surface area contributed by atoms with Crippen LogP contribution in [-0.4, -0.2) is 52.9 Å². The van der Waals surface area contributed by atoms with E-state index in [1.165, 1.54) is 35.1 Å². The van der Waals surface area contributed by atoms with E-state index in [9.17, 15) is 10.2 Å². The minimum absolute atomic E-state index is 0.0566. The van der Waals surface area contributed by atoms with Crippen molar-refractivity contribution in [2.24, 2.45) is 0 Å².